The van der Waals surface area contributed by atoms with E-state index in [4.69, 9.17) is 9.73 Å². The molecule has 1 fully saturated rings. The third kappa shape index (κ3) is 6.21. The fourth-order valence-electron chi connectivity index (χ4n) is 3.06. The lowest BCUT2D eigenvalue weighted by Gasteiger charge is -2.28. The average Bonchev–Trinajstić information content (AvgIpc) is 3.21. The van der Waals surface area contributed by atoms with Gasteiger partial charge in [0.1, 0.15) is 0 Å². The van der Waals surface area contributed by atoms with E-state index in [1.165, 1.54) is 21.1 Å². The molecule has 0 aliphatic carbocycles. The molecule has 0 saturated carbocycles. The summed E-state index contributed by atoms with van der Waals surface area (Å²) in [5.41, 5.74) is 2.47. The van der Waals surface area contributed by atoms with Gasteiger partial charge in [-0.15, -0.1) is 11.3 Å². The molecule has 2 N–H and O–H groups in total. The minimum absolute atomic E-state index is 0.663. The number of anilines is 1. The largest absolute Gasteiger partial charge is 0.378 e. The number of hydrogen-bond acceptors (Lipinski definition) is 5. The van der Waals surface area contributed by atoms with Crippen molar-refractivity contribution in [3.05, 3.63) is 45.9 Å². The molecular weight excluding hydrogens is 370 g/mol. The van der Waals surface area contributed by atoms with Crippen LogP contribution in [0.15, 0.2) is 35.5 Å². The number of guanidine groups is 1. The molecule has 0 spiro atoms. The van der Waals surface area contributed by atoms with E-state index in [0.717, 1.165) is 58.2 Å². The van der Waals surface area contributed by atoms with Crippen LogP contribution in [-0.4, -0.2) is 50.3 Å². The van der Waals surface area contributed by atoms with Crippen molar-refractivity contribution in [1.29, 1.82) is 0 Å². The molecule has 1 saturated heterocycles. The van der Waals surface area contributed by atoms with Gasteiger partial charge >= 0.3 is 0 Å². The van der Waals surface area contributed by atoms with Crippen molar-refractivity contribution in [2.75, 3.05) is 44.3 Å². The molecule has 2 heterocycles. The van der Waals surface area contributed by atoms with Crippen LogP contribution in [0.3, 0.4) is 0 Å². The lowest BCUT2D eigenvalue weighted by Crippen LogP contribution is -2.38. The number of nitrogens with one attached hydrogen (secondary N) is 2. The molecule has 7 heteroatoms. The van der Waals surface area contributed by atoms with Gasteiger partial charge in [0.15, 0.2) is 5.96 Å². The summed E-state index contributed by atoms with van der Waals surface area (Å²) in [4.78, 5) is 12.9. The number of morpholine rings is 1. The zero-order valence-electron chi connectivity index (χ0n) is 16.9. The van der Waals surface area contributed by atoms with Gasteiger partial charge in [-0.3, -0.25) is 0 Å². The SMILES string of the molecule is CCNC(=NCc1ccc(N2CCOCC2)cc1)NCCc1ncc(CC)s1. The summed E-state index contributed by atoms with van der Waals surface area (Å²) in [6.07, 6.45) is 3.96. The van der Waals surface area contributed by atoms with Crippen LogP contribution in [-0.2, 0) is 24.1 Å². The molecule has 0 amide bonds. The Labute approximate surface area is 172 Å². The molecule has 6 nitrogen and oxygen atoms in total. The second-order valence-corrected chi connectivity index (χ2v) is 7.91. The van der Waals surface area contributed by atoms with Gasteiger partial charge in [-0.1, -0.05) is 19.1 Å². The summed E-state index contributed by atoms with van der Waals surface area (Å²) in [6, 6.07) is 8.70. The van der Waals surface area contributed by atoms with Gasteiger partial charge in [0.05, 0.1) is 24.8 Å². The maximum atomic E-state index is 5.42. The van der Waals surface area contributed by atoms with E-state index in [2.05, 4.69) is 58.6 Å². The quantitative estimate of drug-likeness (QED) is 0.526. The van der Waals surface area contributed by atoms with Crippen LogP contribution in [0.1, 0.15) is 29.3 Å². The molecule has 0 radical (unpaired) electrons. The summed E-state index contributed by atoms with van der Waals surface area (Å²) in [5.74, 6) is 0.854. The smallest absolute Gasteiger partial charge is 0.191 e. The molecule has 0 atom stereocenters. The molecule has 0 unspecified atom stereocenters. The first kappa shape index (κ1) is 20.6. The van der Waals surface area contributed by atoms with E-state index in [1.807, 2.05) is 6.20 Å². The Balaban J connectivity index is 1.50. The first-order valence-electron chi connectivity index (χ1n) is 10.2. The van der Waals surface area contributed by atoms with Crippen molar-refractivity contribution >= 4 is 23.0 Å². The fourth-order valence-corrected chi connectivity index (χ4v) is 3.92. The third-order valence-electron chi connectivity index (χ3n) is 4.66. The Morgan fingerprint density at radius 2 is 1.96 bits per heavy atom. The number of aromatic nitrogens is 1. The summed E-state index contributed by atoms with van der Waals surface area (Å²) in [5, 5.41) is 7.91. The van der Waals surface area contributed by atoms with Gasteiger partial charge in [0.25, 0.3) is 0 Å². The average molecular weight is 402 g/mol. The van der Waals surface area contributed by atoms with Crippen molar-refractivity contribution in [2.24, 2.45) is 4.99 Å². The molecule has 1 aromatic heterocycles. The second-order valence-electron chi connectivity index (χ2n) is 6.71. The van der Waals surface area contributed by atoms with Gasteiger partial charge < -0.3 is 20.3 Å². The predicted octanol–water partition coefficient (Wildman–Crippen LogP) is 2.84. The van der Waals surface area contributed by atoms with Crippen molar-refractivity contribution in [2.45, 2.75) is 33.2 Å². The van der Waals surface area contributed by atoms with Gasteiger partial charge in [-0.05, 0) is 31.0 Å². The summed E-state index contributed by atoms with van der Waals surface area (Å²) in [7, 11) is 0. The highest BCUT2D eigenvalue weighted by Gasteiger charge is 2.10. The molecular formula is C21H31N5OS. The van der Waals surface area contributed by atoms with Gasteiger partial charge in [-0.25, -0.2) is 9.98 Å². The van der Waals surface area contributed by atoms with Gasteiger partial charge in [-0.2, -0.15) is 0 Å². The summed E-state index contributed by atoms with van der Waals surface area (Å²) in [6.45, 7) is 10.1. The number of ether oxygens (including phenoxy) is 1. The Kier molecular flexibility index (Phi) is 8.11. The maximum absolute atomic E-state index is 5.42. The number of hydrogen-bond donors (Lipinski definition) is 2. The van der Waals surface area contributed by atoms with Crippen LogP contribution in [0.5, 0.6) is 0 Å². The number of rotatable bonds is 8. The van der Waals surface area contributed by atoms with Crippen LogP contribution < -0.4 is 15.5 Å². The topological polar surface area (TPSA) is 61.8 Å². The molecule has 1 aromatic carbocycles. The molecule has 28 heavy (non-hydrogen) atoms. The standard InChI is InChI=1S/C21H31N5OS/c1-3-19-16-24-20(28-19)9-10-23-21(22-4-2)25-15-17-5-7-18(8-6-17)26-11-13-27-14-12-26/h5-8,16H,3-4,9-15H2,1-2H3,(H2,22,23,25). The minimum atomic E-state index is 0.663. The highest BCUT2D eigenvalue weighted by molar-refractivity contribution is 7.11. The van der Waals surface area contributed by atoms with E-state index in [1.54, 1.807) is 11.3 Å². The molecule has 2 aromatic rings. The monoisotopic (exact) mass is 401 g/mol. The number of benzene rings is 1. The summed E-state index contributed by atoms with van der Waals surface area (Å²) >= 11 is 1.80. The van der Waals surface area contributed by atoms with Crippen molar-refractivity contribution in [3.8, 4) is 0 Å². The lowest BCUT2D eigenvalue weighted by atomic mass is 10.2. The Morgan fingerprint density at radius 1 is 1.18 bits per heavy atom. The van der Waals surface area contributed by atoms with Crippen molar-refractivity contribution in [1.82, 2.24) is 15.6 Å². The van der Waals surface area contributed by atoms with Crippen LogP contribution in [0, 0.1) is 0 Å². The van der Waals surface area contributed by atoms with Crippen LogP contribution >= 0.6 is 11.3 Å². The summed E-state index contributed by atoms with van der Waals surface area (Å²) < 4.78 is 5.42. The van der Waals surface area contributed by atoms with E-state index < -0.39 is 0 Å². The van der Waals surface area contributed by atoms with Crippen LogP contribution in [0.25, 0.3) is 0 Å². The molecule has 1 aliphatic rings. The number of aliphatic imine (C=N–C) groups is 1. The van der Waals surface area contributed by atoms with Crippen molar-refractivity contribution < 1.29 is 4.74 Å². The Morgan fingerprint density at radius 3 is 2.64 bits per heavy atom. The highest BCUT2D eigenvalue weighted by Crippen LogP contribution is 2.17. The highest BCUT2D eigenvalue weighted by atomic mass is 32.1. The van der Waals surface area contributed by atoms with E-state index in [-0.39, 0.29) is 0 Å². The number of aryl methyl sites for hydroxylation is 1. The zero-order chi connectivity index (χ0) is 19.6. The van der Waals surface area contributed by atoms with Crippen LogP contribution in [0.2, 0.25) is 0 Å². The normalized spacial score (nSPS) is 14.9. The predicted molar refractivity (Wildman–Crippen MR) is 117 cm³/mol. The molecule has 1 aliphatic heterocycles. The van der Waals surface area contributed by atoms with E-state index >= 15 is 0 Å². The Bertz CT molecular complexity index is 738. The molecule has 0 bridgehead atoms. The van der Waals surface area contributed by atoms with Gasteiger partial charge in [0, 0.05) is 49.4 Å². The zero-order valence-corrected chi connectivity index (χ0v) is 17.7. The third-order valence-corrected chi connectivity index (χ3v) is 5.86. The minimum Gasteiger partial charge on any atom is -0.378 e. The lowest BCUT2D eigenvalue weighted by molar-refractivity contribution is 0.122. The van der Waals surface area contributed by atoms with E-state index in [0.29, 0.717) is 6.54 Å². The first-order valence-corrected chi connectivity index (χ1v) is 11.0. The van der Waals surface area contributed by atoms with Crippen molar-refractivity contribution in [3.63, 3.8) is 0 Å². The van der Waals surface area contributed by atoms with Gasteiger partial charge in [0.2, 0.25) is 0 Å². The maximum Gasteiger partial charge on any atom is 0.191 e. The number of nitrogens with zero attached hydrogens (tertiary/aromatic N) is 3. The first-order chi connectivity index (χ1) is 13.8. The van der Waals surface area contributed by atoms with Crippen LogP contribution in [0.4, 0.5) is 5.69 Å². The molecule has 3 rings (SSSR count). The molecule has 152 valence electrons. The second kappa shape index (κ2) is 11.0. The fraction of sp³-hybridized carbons (Fsp3) is 0.524. The Hall–Kier alpha value is -2.12. The number of thiazole rings is 1. The van der Waals surface area contributed by atoms with E-state index in [9.17, 15) is 0 Å².